The van der Waals surface area contributed by atoms with Crippen molar-refractivity contribution in [3.05, 3.63) is 81.4 Å². The van der Waals surface area contributed by atoms with E-state index in [2.05, 4.69) is 10.5 Å². The third kappa shape index (κ3) is 5.90. The number of thiocarbonyl (C=S) groups is 1. The monoisotopic (exact) mass is 497 g/mol. The van der Waals surface area contributed by atoms with Crippen molar-refractivity contribution < 1.29 is 14.1 Å². The van der Waals surface area contributed by atoms with E-state index in [4.69, 9.17) is 28.3 Å². The van der Waals surface area contributed by atoms with E-state index in [0.717, 1.165) is 16.7 Å². The largest absolute Gasteiger partial charge is 0.359 e. The van der Waals surface area contributed by atoms with E-state index in [9.17, 15) is 9.59 Å². The first-order chi connectivity index (χ1) is 15.9. The van der Waals surface area contributed by atoms with Crippen LogP contribution >= 0.6 is 35.6 Å². The van der Waals surface area contributed by atoms with Crippen LogP contribution in [0.2, 0.25) is 5.02 Å². The van der Waals surface area contributed by atoms with Gasteiger partial charge in [-0.2, -0.15) is 0 Å². The molecule has 2 aromatic carbocycles. The zero-order valence-corrected chi connectivity index (χ0v) is 20.1. The van der Waals surface area contributed by atoms with E-state index in [1.165, 1.54) is 16.7 Å². The Morgan fingerprint density at radius 3 is 2.67 bits per heavy atom. The predicted molar refractivity (Wildman–Crippen MR) is 134 cm³/mol. The van der Waals surface area contributed by atoms with Crippen LogP contribution in [0.4, 0.5) is 0 Å². The number of thioether (sulfide) groups is 1. The van der Waals surface area contributed by atoms with Gasteiger partial charge in [0.05, 0.1) is 11.4 Å². The fourth-order valence-corrected chi connectivity index (χ4v) is 4.58. The predicted octanol–water partition coefficient (Wildman–Crippen LogP) is 5.21. The van der Waals surface area contributed by atoms with Crippen LogP contribution < -0.4 is 5.32 Å². The van der Waals surface area contributed by atoms with Crippen LogP contribution in [0.3, 0.4) is 0 Å². The molecule has 1 aromatic heterocycles. The quantitative estimate of drug-likeness (QED) is 0.356. The van der Waals surface area contributed by atoms with E-state index < -0.39 is 0 Å². The van der Waals surface area contributed by atoms with Crippen LogP contribution in [0, 0.1) is 6.92 Å². The fourth-order valence-electron chi connectivity index (χ4n) is 3.15. The number of rotatable bonds is 7. The van der Waals surface area contributed by atoms with Crippen LogP contribution in [0.1, 0.15) is 23.3 Å². The van der Waals surface area contributed by atoms with Gasteiger partial charge in [-0.25, -0.2) is 0 Å². The van der Waals surface area contributed by atoms with Crippen LogP contribution in [0.15, 0.2) is 64.0 Å². The van der Waals surface area contributed by atoms with E-state index in [1.54, 1.807) is 18.2 Å². The number of amides is 2. The molecule has 3 aromatic rings. The SMILES string of the molecule is Cc1ccc(/C=C2\SC(=S)N(CCC(=O)NCc3cc(-c4ccc(Cl)cc4)no3)C2=O)cc1. The summed E-state index contributed by atoms with van der Waals surface area (Å²) in [7, 11) is 0. The minimum Gasteiger partial charge on any atom is -0.359 e. The van der Waals surface area contributed by atoms with Gasteiger partial charge in [0.25, 0.3) is 5.91 Å². The molecule has 0 aliphatic carbocycles. The fraction of sp³-hybridized carbons (Fsp3) is 0.167. The maximum absolute atomic E-state index is 12.7. The van der Waals surface area contributed by atoms with Crippen LogP contribution in [-0.2, 0) is 16.1 Å². The van der Waals surface area contributed by atoms with Crippen molar-refractivity contribution in [1.82, 2.24) is 15.4 Å². The molecular weight excluding hydrogens is 478 g/mol. The topological polar surface area (TPSA) is 75.4 Å². The molecule has 33 heavy (non-hydrogen) atoms. The average molecular weight is 498 g/mol. The summed E-state index contributed by atoms with van der Waals surface area (Å²) in [6, 6.07) is 16.9. The molecule has 2 amide bonds. The number of aromatic nitrogens is 1. The molecule has 0 spiro atoms. The van der Waals surface area contributed by atoms with Crippen molar-refractivity contribution in [2.24, 2.45) is 0 Å². The van der Waals surface area contributed by atoms with Gasteiger partial charge in [0.15, 0.2) is 5.76 Å². The van der Waals surface area contributed by atoms with Crippen LogP contribution in [-0.4, -0.2) is 32.7 Å². The highest BCUT2D eigenvalue weighted by atomic mass is 35.5. The number of aryl methyl sites for hydroxylation is 1. The average Bonchev–Trinajstić information content (AvgIpc) is 3.38. The summed E-state index contributed by atoms with van der Waals surface area (Å²) >= 11 is 12.5. The number of carbonyl (C=O) groups excluding carboxylic acids is 2. The number of nitrogens with one attached hydrogen (secondary N) is 1. The highest BCUT2D eigenvalue weighted by molar-refractivity contribution is 8.26. The molecule has 2 heterocycles. The van der Waals surface area contributed by atoms with Crippen molar-refractivity contribution in [1.29, 1.82) is 0 Å². The van der Waals surface area contributed by atoms with Gasteiger partial charge in [-0.05, 0) is 30.7 Å². The van der Waals surface area contributed by atoms with Crippen molar-refractivity contribution in [2.75, 3.05) is 6.54 Å². The third-order valence-corrected chi connectivity index (χ3v) is 6.60. The summed E-state index contributed by atoms with van der Waals surface area (Å²) in [5, 5.41) is 7.45. The molecule has 1 fully saturated rings. The molecule has 6 nitrogen and oxygen atoms in total. The second-order valence-electron chi connectivity index (χ2n) is 7.46. The van der Waals surface area contributed by atoms with Gasteiger partial charge in [0.2, 0.25) is 5.91 Å². The van der Waals surface area contributed by atoms with Crippen molar-refractivity contribution >= 4 is 57.8 Å². The smallest absolute Gasteiger partial charge is 0.266 e. The Morgan fingerprint density at radius 2 is 1.94 bits per heavy atom. The van der Waals surface area contributed by atoms with Gasteiger partial charge in [0, 0.05) is 29.6 Å². The zero-order valence-electron chi connectivity index (χ0n) is 17.7. The first-order valence-corrected chi connectivity index (χ1v) is 11.8. The third-order valence-electron chi connectivity index (χ3n) is 4.97. The van der Waals surface area contributed by atoms with Gasteiger partial charge in [0.1, 0.15) is 10.0 Å². The van der Waals surface area contributed by atoms with Crippen molar-refractivity contribution in [2.45, 2.75) is 19.9 Å². The Morgan fingerprint density at radius 1 is 1.21 bits per heavy atom. The molecule has 1 N–H and O–H groups in total. The van der Waals surface area contributed by atoms with Crippen molar-refractivity contribution in [3.63, 3.8) is 0 Å². The van der Waals surface area contributed by atoms with E-state index in [-0.39, 0.29) is 31.3 Å². The molecular formula is C24H20ClN3O3S2. The number of halogens is 1. The summed E-state index contributed by atoms with van der Waals surface area (Å²) in [5.41, 5.74) is 3.61. The summed E-state index contributed by atoms with van der Waals surface area (Å²) in [4.78, 5) is 27.1. The van der Waals surface area contributed by atoms with Gasteiger partial charge in [-0.1, -0.05) is 82.7 Å². The summed E-state index contributed by atoms with van der Waals surface area (Å²) in [6.45, 7) is 2.43. The molecule has 9 heteroatoms. The molecule has 0 saturated carbocycles. The van der Waals surface area contributed by atoms with Gasteiger partial charge < -0.3 is 9.84 Å². The highest BCUT2D eigenvalue weighted by Gasteiger charge is 2.32. The number of nitrogens with zero attached hydrogens (tertiary/aromatic N) is 2. The first-order valence-electron chi connectivity index (χ1n) is 10.2. The summed E-state index contributed by atoms with van der Waals surface area (Å²) < 4.78 is 5.75. The van der Waals surface area contributed by atoms with Crippen molar-refractivity contribution in [3.8, 4) is 11.3 Å². The lowest BCUT2D eigenvalue weighted by Crippen LogP contribution is -2.33. The van der Waals surface area contributed by atoms with Gasteiger partial charge in [-0.15, -0.1) is 0 Å². The second-order valence-corrected chi connectivity index (χ2v) is 9.57. The Balaban J connectivity index is 1.28. The molecule has 4 rings (SSSR count). The van der Waals surface area contributed by atoms with E-state index in [0.29, 0.717) is 25.7 Å². The maximum atomic E-state index is 12.7. The van der Waals surface area contributed by atoms with Gasteiger partial charge >= 0.3 is 0 Å². The number of hydrogen-bond acceptors (Lipinski definition) is 6. The Hall–Kier alpha value is -2.94. The molecule has 168 valence electrons. The first kappa shape index (κ1) is 23.2. The molecule has 1 aliphatic heterocycles. The Kier molecular flexibility index (Phi) is 7.27. The van der Waals surface area contributed by atoms with Gasteiger partial charge in [-0.3, -0.25) is 14.5 Å². The molecule has 1 saturated heterocycles. The Labute approximate surface area is 206 Å². The lowest BCUT2D eigenvalue weighted by molar-refractivity contribution is -0.124. The highest BCUT2D eigenvalue weighted by Crippen LogP contribution is 2.32. The number of hydrogen-bond donors (Lipinski definition) is 1. The second kappa shape index (κ2) is 10.3. The maximum Gasteiger partial charge on any atom is 0.266 e. The number of benzene rings is 2. The van der Waals surface area contributed by atoms with Crippen LogP contribution in [0.5, 0.6) is 0 Å². The summed E-state index contributed by atoms with van der Waals surface area (Å²) in [6.07, 6.45) is 1.95. The summed E-state index contributed by atoms with van der Waals surface area (Å²) in [5.74, 6) is 0.136. The lowest BCUT2D eigenvalue weighted by atomic mass is 10.1. The van der Waals surface area contributed by atoms with Crippen LogP contribution in [0.25, 0.3) is 17.3 Å². The molecule has 0 bridgehead atoms. The standard InChI is InChI=1S/C24H20ClN3O3S2/c1-15-2-4-16(5-3-15)12-21-23(30)28(24(32)33-21)11-10-22(29)26-14-19-13-20(27-31-19)17-6-8-18(25)9-7-17/h2-9,12-13H,10-11,14H2,1H3,(H,26,29)/b21-12-. The minimum atomic E-state index is -0.212. The normalized spacial score (nSPS) is 14.8. The minimum absolute atomic E-state index is 0.127. The van der Waals surface area contributed by atoms with E-state index >= 15 is 0 Å². The Bertz CT molecular complexity index is 1220. The molecule has 0 unspecified atom stereocenters. The molecule has 0 atom stereocenters. The molecule has 0 radical (unpaired) electrons. The molecule has 1 aliphatic rings. The van der Waals surface area contributed by atoms with E-state index in [1.807, 2.05) is 49.4 Å². The zero-order chi connectivity index (χ0) is 23.4. The number of carbonyl (C=O) groups is 2. The lowest BCUT2D eigenvalue weighted by Gasteiger charge is -2.13.